The Morgan fingerprint density at radius 2 is 1.79 bits per heavy atom. The second-order valence-corrected chi connectivity index (χ2v) is 8.06. The number of aromatic nitrogens is 2. The maximum Gasteiger partial charge on any atom is 0.142 e. The molecule has 7 heteroatoms. The summed E-state index contributed by atoms with van der Waals surface area (Å²) < 4.78 is 0. The minimum absolute atomic E-state index is 0.647. The van der Waals surface area contributed by atoms with Crippen LogP contribution in [-0.2, 0) is 6.42 Å². The van der Waals surface area contributed by atoms with Crippen molar-refractivity contribution in [1.29, 1.82) is 0 Å². The number of thioether (sulfide) groups is 1. The van der Waals surface area contributed by atoms with Crippen LogP contribution in [0.2, 0.25) is 10.0 Å². The summed E-state index contributed by atoms with van der Waals surface area (Å²) in [7, 11) is 0. The predicted molar refractivity (Wildman–Crippen MR) is 103 cm³/mol. The van der Waals surface area contributed by atoms with E-state index in [-0.39, 0.29) is 0 Å². The highest BCUT2D eigenvalue weighted by atomic mass is 35.5. The standard InChI is InChI=1S/C17H18Cl2N4S/c1-11-20-16(22-6-8-24-9-7-22)13-4-5-23(17(13)21-11)15-3-2-12(18)10-14(15)19/h2-3,10H,4-9H2,1H3. The Labute approximate surface area is 156 Å². The van der Waals surface area contributed by atoms with Gasteiger partial charge in [0.1, 0.15) is 17.5 Å². The molecule has 0 aliphatic carbocycles. The van der Waals surface area contributed by atoms with Crippen molar-refractivity contribution in [2.45, 2.75) is 13.3 Å². The number of benzene rings is 1. The SMILES string of the molecule is Cc1nc(N2CCSCC2)c2c(n1)N(c1ccc(Cl)cc1Cl)CC2. The Bertz CT molecular complexity index is 777. The molecule has 0 unspecified atom stereocenters. The third-order valence-electron chi connectivity index (χ3n) is 4.43. The molecule has 0 bridgehead atoms. The largest absolute Gasteiger partial charge is 0.355 e. The minimum Gasteiger partial charge on any atom is -0.355 e. The van der Waals surface area contributed by atoms with E-state index < -0.39 is 0 Å². The summed E-state index contributed by atoms with van der Waals surface area (Å²) in [5, 5.41) is 1.30. The van der Waals surface area contributed by atoms with E-state index in [9.17, 15) is 0 Å². The Morgan fingerprint density at radius 3 is 2.54 bits per heavy atom. The van der Waals surface area contributed by atoms with Crippen LogP contribution in [0.1, 0.15) is 11.4 Å². The lowest BCUT2D eigenvalue weighted by molar-refractivity contribution is 0.820. The lowest BCUT2D eigenvalue weighted by Crippen LogP contribution is -2.34. The van der Waals surface area contributed by atoms with E-state index in [4.69, 9.17) is 33.2 Å². The van der Waals surface area contributed by atoms with Crippen molar-refractivity contribution >= 4 is 52.3 Å². The van der Waals surface area contributed by atoms with Crippen LogP contribution >= 0.6 is 35.0 Å². The molecule has 1 saturated heterocycles. The van der Waals surface area contributed by atoms with Gasteiger partial charge >= 0.3 is 0 Å². The van der Waals surface area contributed by atoms with Crippen molar-refractivity contribution in [3.63, 3.8) is 0 Å². The molecule has 4 nitrogen and oxygen atoms in total. The van der Waals surface area contributed by atoms with Crippen molar-refractivity contribution in [2.75, 3.05) is 40.9 Å². The molecule has 1 aromatic carbocycles. The molecule has 4 rings (SSSR count). The molecule has 1 fully saturated rings. The van der Waals surface area contributed by atoms with Crippen LogP contribution in [0, 0.1) is 6.92 Å². The predicted octanol–water partition coefficient (Wildman–Crippen LogP) is 4.34. The van der Waals surface area contributed by atoms with Gasteiger partial charge in [-0.2, -0.15) is 11.8 Å². The summed E-state index contributed by atoms with van der Waals surface area (Å²) in [4.78, 5) is 14.1. The average Bonchev–Trinajstić information content (AvgIpc) is 2.98. The molecule has 126 valence electrons. The molecule has 0 N–H and O–H groups in total. The number of anilines is 3. The molecule has 1 aromatic heterocycles. The highest BCUT2D eigenvalue weighted by Crippen LogP contribution is 2.41. The zero-order valence-corrected chi connectivity index (χ0v) is 15.8. The van der Waals surface area contributed by atoms with E-state index in [1.54, 1.807) is 6.07 Å². The summed E-state index contributed by atoms with van der Waals surface area (Å²) >= 11 is 14.5. The molecule has 0 spiro atoms. The molecule has 2 aromatic rings. The first-order chi connectivity index (χ1) is 11.6. The Hall–Kier alpha value is -1.17. The highest BCUT2D eigenvalue weighted by molar-refractivity contribution is 7.99. The van der Waals surface area contributed by atoms with Crippen molar-refractivity contribution in [1.82, 2.24) is 9.97 Å². The number of nitrogens with zero attached hydrogens (tertiary/aromatic N) is 4. The fourth-order valence-electron chi connectivity index (χ4n) is 3.31. The van der Waals surface area contributed by atoms with Gasteiger partial charge in [0.2, 0.25) is 0 Å². The van der Waals surface area contributed by atoms with Gasteiger partial charge in [-0.1, -0.05) is 23.2 Å². The summed E-state index contributed by atoms with van der Waals surface area (Å²) in [5.74, 6) is 5.21. The van der Waals surface area contributed by atoms with Gasteiger partial charge in [0, 0.05) is 41.7 Å². The van der Waals surface area contributed by atoms with Crippen LogP contribution in [-0.4, -0.2) is 41.1 Å². The number of hydrogen-bond donors (Lipinski definition) is 0. The summed E-state index contributed by atoms with van der Waals surface area (Å²) in [6.45, 7) is 4.93. The fraction of sp³-hybridized carbons (Fsp3) is 0.412. The van der Waals surface area contributed by atoms with Crippen LogP contribution in [0.15, 0.2) is 18.2 Å². The van der Waals surface area contributed by atoms with Gasteiger partial charge in [0.15, 0.2) is 0 Å². The molecule has 0 radical (unpaired) electrons. The molecule has 0 saturated carbocycles. The number of rotatable bonds is 2. The molecule has 2 aliphatic rings. The normalized spacial score (nSPS) is 17.3. The minimum atomic E-state index is 0.647. The molecule has 0 atom stereocenters. The monoisotopic (exact) mass is 380 g/mol. The number of aryl methyl sites for hydroxylation is 1. The second-order valence-electron chi connectivity index (χ2n) is 5.99. The first-order valence-electron chi connectivity index (χ1n) is 8.06. The Balaban J connectivity index is 1.76. The molecule has 2 aliphatic heterocycles. The van der Waals surface area contributed by atoms with E-state index in [1.807, 2.05) is 30.8 Å². The van der Waals surface area contributed by atoms with E-state index in [0.29, 0.717) is 10.0 Å². The van der Waals surface area contributed by atoms with Crippen molar-refractivity contribution in [3.8, 4) is 0 Å². The maximum absolute atomic E-state index is 6.42. The van der Waals surface area contributed by atoms with Gasteiger partial charge < -0.3 is 9.80 Å². The first kappa shape index (κ1) is 16.3. The summed E-state index contributed by atoms with van der Waals surface area (Å²) in [6.07, 6.45) is 0.938. The Kier molecular flexibility index (Phi) is 4.50. The molecular weight excluding hydrogens is 363 g/mol. The van der Waals surface area contributed by atoms with Crippen molar-refractivity contribution in [2.24, 2.45) is 0 Å². The molecule has 3 heterocycles. The van der Waals surface area contributed by atoms with Gasteiger partial charge in [-0.25, -0.2) is 9.97 Å². The summed E-state index contributed by atoms with van der Waals surface area (Å²) in [6, 6.07) is 5.62. The number of hydrogen-bond acceptors (Lipinski definition) is 5. The van der Waals surface area contributed by atoms with Crippen LogP contribution in [0.4, 0.5) is 17.3 Å². The third kappa shape index (κ3) is 2.93. The van der Waals surface area contributed by atoms with Gasteiger partial charge in [0.25, 0.3) is 0 Å². The summed E-state index contributed by atoms with van der Waals surface area (Å²) in [5.41, 5.74) is 2.19. The van der Waals surface area contributed by atoms with Crippen molar-refractivity contribution in [3.05, 3.63) is 39.6 Å². The first-order valence-corrected chi connectivity index (χ1v) is 9.97. The quantitative estimate of drug-likeness (QED) is 0.773. The second kappa shape index (κ2) is 6.62. The van der Waals surface area contributed by atoms with E-state index >= 15 is 0 Å². The van der Waals surface area contributed by atoms with E-state index in [1.165, 1.54) is 5.56 Å². The lowest BCUT2D eigenvalue weighted by Gasteiger charge is -2.29. The molecular formula is C17H18Cl2N4S. The smallest absolute Gasteiger partial charge is 0.142 e. The zero-order valence-electron chi connectivity index (χ0n) is 13.4. The van der Waals surface area contributed by atoms with E-state index in [2.05, 4.69) is 9.80 Å². The van der Waals surface area contributed by atoms with Crippen LogP contribution in [0.25, 0.3) is 0 Å². The van der Waals surface area contributed by atoms with Gasteiger partial charge in [-0.15, -0.1) is 0 Å². The van der Waals surface area contributed by atoms with Crippen LogP contribution in [0.5, 0.6) is 0 Å². The van der Waals surface area contributed by atoms with Crippen LogP contribution < -0.4 is 9.80 Å². The average molecular weight is 381 g/mol. The highest BCUT2D eigenvalue weighted by Gasteiger charge is 2.29. The van der Waals surface area contributed by atoms with Gasteiger partial charge in [-0.3, -0.25) is 0 Å². The lowest BCUT2D eigenvalue weighted by atomic mass is 10.2. The topological polar surface area (TPSA) is 32.3 Å². The number of fused-ring (bicyclic) bond motifs is 1. The molecule has 0 amide bonds. The number of halogens is 2. The van der Waals surface area contributed by atoms with Crippen molar-refractivity contribution < 1.29 is 0 Å². The third-order valence-corrected chi connectivity index (χ3v) is 5.91. The van der Waals surface area contributed by atoms with Gasteiger partial charge in [-0.05, 0) is 31.5 Å². The van der Waals surface area contributed by atoms with Gasteiger partial charge in [0.05, 0.1) is 10.7 Å². The maximum atomic E-state index is 6.42. The van der Waals surface area contributed by atoms with Crippen LogP contribution in [0.3, 0.4) is 0 Å². The Morgan fingerprint density at radius 1 is 1.04 bits per heavy atom. The van der Waals surface area contributed by atoms with E-state index in [0.717, 1.165) is 60.7 Å². The molecule has 24 heavy (non-hydrogen) atoms. The zero-order chi connectivity index (χ0) is 16.7. The fourth-order valence-corrected chi connectivity index (χ4v) is 4.73.